The maximum Gasteiger partial charge on any atom is 0.262 e. The fraction of sp³-hybridized carbons (Fsp3) is 0.312. The van der Waals surface area contributed by atoms with E-state index in [1.807, 2.05) is 0 Å². The lowest BCUT2D eigenvalue weighted by Gasteiger charge is -2.14. The molecule has 8 heteroatoms. The molecular weight excluding hydrogens is 351 g/mol. The van der Waals surface area contributed by atoms with Gasteiger partial charge in [0.1, 0.15) is 5.75 Å². The fourth-order valence-electron chi connectivity index (χ4n) is 2.40. The Morgan fingerprint density at radius 1 is 1.21 bits per heavy atom. The summed E-state index contributed by atoms with van der Waals surface area (Å²) in [6, 6.07) is 4.82. The molecule has 0 aliphatic carbocycles. The molecule has 1 amide bonds. The molecule has 1 aliphatic heterocycles. The van der Waals surface area contributed by atoms with Gasteiger partial charge in [-0.05, 0) is 31.0 Å². The third-order valence-corrected chi connectivity index (χ3v) is 4.09. The van der Waals surface area contributed by atoms with Crippen LogP contribution < -0.4 is 15.0 Å². The maximum atomic E-state index is 11.9. The van der Waals surface area contributed by atoms with Gasteiger partial charge in [0.15, 0.2) is 6.61 Å². The summed E-state index contributed by atoms with van der Waals surface area (Å²) in [6.45, 7) is 1.78. The first-order valence-corrected chi connectivity index (χ1v) is 8.32. The van der Waals surface area contributed by atoms with Gasteiger partial charge in [0.2, 0.25) is 5.95 Å². The Morgan fingerprint density at radius 2 is 1.92 bits per heavy atom. The van der Waals surface area contributed by atoms with Gasteiger partial charge in [0, 0.05) is 18.1 Å². The number of carbonyl (C=O) groups is 1. The maximum absolute atomic E-state index is 11.9. The number of hydrogen-bond acceptors (Lipinski definition) is 5. The molecule has 0 bridgehead atoms. The van der Waals surface area contributed by atoms with E-state index in [2.05, 4.69) is 20.2 Å². The molecule has 3 rings (SSSR count). The Kier molecular flexibility index (Phi) is 5.37. The van der Waals surface area contributed by atoms with Crippen LogP contribution in [0.2, 0.25) is 10.0 Å². The van der Waals surface area contributed by atoms with Crippen LogP contribution >= 0.6 is 23.2 Å². The predicted octanol–water partition coefficient (Wildman–Crippen LogP) is 3.40. The number of benzene rings is 1. The summed E-state index contributed by atoms with van der Waals surface area (Å²) in [5.74, 6) is 0.769. The second-order valence-corrected chi connectivity index (χ2v) is 6.22. The van der Waals surface area contributed by atoms with Crippen molar-refractivity contribution in [3.63, 3.8) is 0 Å². The summed E-state index contributed by atoms with van der Waals surface area (Å²) in [4.78, 5) is 22.6. The molecule has 1 aromatic carbocycles. The zero-order valence-corrected chi connectivity index (χ0v) is 14.3. The van der Waals surface area contributed by atoms with E-state index in [0.717, 1.165) is 25.9 Å². The highest BCUT2D eigenvalue weighted by Crippen LogP contribution is 2.27. The van der Waals surface area contributed by atoms with Gasteiger partial charge in [-0.3, -0.25) is 4.79 Å². The lowest BCUT2D eigenvalue weighted by molar-refractivity contribution is -0.118. The summed E-state index contributed by atoms with van der Waals surface area (Å²) in [6.07, 6.45) is 5.50. The summed E-state index contributed by atoms with van der Waals surface area (Å²) in [5.41, 5.74) is 0.522. The van der Waals surface area contributed by atoms with E-state index in [0.29, 0.717) is 27.4 Å². The van der Waals surface area contributed by atoms with Crippen LogP contribution in [0.5, 0.6) is 5.75 Å². The fourth-order valence-corrected chi connectivity index (χ4v) is 2.86. The molecule has 0 unspecified atom stereocenters. The molecule has 6 nitrogen and oxygen atoms in total. The number of rotatable bonds is 5. The van der Waals surface area contributed by atoms with Crippen molar-refractivity contribution in [2.75, 3.05) is 29.9 Å². The monoisotopic (exact) mass is 366 g/mol. The number of anilines is 2. The molecule has 0 spiro atoms. The van der Waals surface area contributed by atoms with Crippen LogP contribution in [0.15, 0.2) is 30.6 Å². The van der Waals surface area contributed by atoms with E-state index >= 15 is 0 Å². The summed E-state index contributed by atoms with van der Waals surface area (Å²) in [7, 11) is 0. The summed E-state index contributed by atoms with van der Waals surface area (Å²) < 4.78 is 5.38. The number of nitrogens with one attached hydrogen (secondary N) is 1. The van der Waals surface area contributed by atoms with Crippen LogP contribution in [0.4, 0.5) is 11.6 Å². The van der Waals surface area contributed by atoms with Crippen LogP contribution in [0, 0.1) is 0 Å². The highest BCUT2D eigenvalue weighted by molar-refractivity contribution is 6.35. The van der Waals surface area contributed by atoms with E-state index < -0.39 is 0 Å². The van der Waals surface area contributed by atoms with Crippen molar-refractivity contribution in [2.24, 2.45) is 0 Å². The van der Waals surface area contributed by atoms with Crippen molar-refractivity contribution >= 4 is 40.7 Å². The Balaban J connectivity index is 1.52. The number of carbonyl (C=O) groups excluding carboxylic acids is 1. The van der Waals surface area contributed by atoms with Crippen molar-refractivity contribution in [2.45, 2.75) is 12.8 Å². The zero-order chi connectivity index (χ0) is 16.9. The van der Waals surface area contributed by atoms with Crippen molar-refractivity contribution in [1.82, 2.24) is 9.97 Å². The topological polar surface area (TPSA) is 67.3 Å². The SMILES string of the molecule is O=C(COc1ccc(Cl)cc1Cl)Nc1cnc(N2CCCC2)nc1. The summed E-state index contributed by atoms with van der Waals surface area (Å²) in [5, 5.41) is 3.55. The van der Waals surface area contributed by atoms with Gasteiger partial charge in [0.25, 0.3) is 5.91 Å². The number of halogens is 2. The quantitative estimate of drug-likeness (QED) is 0.877. The van der Waals surface area contributed by atoms with E-state index in [1.165, 1.54) is 0 Å². The third kappa shape index (κ3) is 4.27. The predicted molar refractivity (Wildman–Crippen MR) is 94.1 cm³/mol. The number of amides is 1. The summed E-state index contributed by atoms with van der Waals surface area (Å²) >= 11 is 11.8. The van der Waals surface area contributed by atoms with Gasteiger partial charge >= 0.3 is 0 Å². The number of nitrogens with zero attached hydrogens (tertiary/aromatic N) is 3. The molecule has 1 N–H and O–H groups in total. The van der Waals surface area contributed by atoms with Crippen molar-refractivity contribution in [3.05, 3.63) is 40.6 Å². The third-order valence-electron chi connectivity index (χ3n) is 3.56. The van der Waals surface area contributed by atoms with Gasteiger partial charge in [-0.2, -0.15) is 0 Å². The van der Waals surface area contributed by atoms with Crippen molar-refractivity contribution in [1.29, 1.82) is 0 Å². The average Bonchev–Trinajstić information content (AvgIpc) is 3.09. The average molecular weight is 367 g/mol. The van der Waals surface area contributed by atoms with Gasteiger partial charge in [-0.1, -0.05) is 23.2 Å². The zero-order valence-electron chi connectivity index (χ0n) is 12.8. The van der Waals surface area contributed by atoms with E-state index in [-0.39, 0.29) is 12.5 Å². The Labute approximate surface area is 149 Å². The standard InChI is InChI=1S/C16H16Cl2N4O2/c17-11-3-4-14(13(18)7-11)24-10-15(23)21-12-8-19-16(20-9-12)22-5-1-2-6-22/h3-4,7-9H,1-2,5-6,10H2,(H,21,23). The molecular formula is C16H16Cl2N4O2. The second kappa shape index (κ2) is 7.68. The van der Waals surface area contributed by atoms with E-state index in [1.54, 1.807) is 30.6 Å². The molecule has 0 radical (unpaired) electrons. The van der Waals surface area contributed by atoms with Crippen molar-refractivity contribution in [3.8, 4) is 5.75 Å². The number of ether oxygens (including phenoxy) is 1. The normalized spacial score (nSPS) is 13.8. The van der Waals surface area contributed by atoms with E-state index in [9.17, 15) is 4.79 Å². The molecule has 2 heterocycles. The number of aromatic nitrogens is 2. The first-order chi connectivity index (χ1) is 11.6. The molecule has 1 saturated heterocycles. The van der Waals surface area contributed by atoms with Crippen LogP contribution in [0.1, 0.15) is 12.8 Å². The minimum atomic E-state index is -0.321. The largest absolute Gasteiger partial charge is 0.482 e. The smallest absolute Gasteiger partial charge is 0.262 e. The van der Waals surface area contributed by atoms with E-state index in [4.69, 9.17) is 27.9 Å². The molecule has 0 atom stereocenters. The molecule has 1 aromatic heterocycles. The highest BCUT2D eigenvalue weighted by Gasteiger charge is 2.14. The van der Waals surface area contributed by atoms with Crippen LogP contribution in [0.25, 0.3) is 0 Å². The lowest BCUT2D eigenvalue weighted by atomic mass is 10.3. The molecule has 0 saturated carbocycles. The van der Waals surface area contributed by atoms with Gasteiger partial charge in [-0.25, -0.2) is 9.97 Å². The van der Waals surface area contributed by atoms with Crippen LogP contribution in [-0.4, -0.2) is 35.6 Å². The Hall–Kier alpha value is -2.05. The first-order valence-electron chi connectivity index (χ1n) is 7.56. The Bertz CT molecular complexity index is 719. The minimum absolute atomic E-state index is 0.171. The number of hydrogen-bond donors (Lipinski definition) is 1. The van der Waals surface area contributed by atoms with Crippen LogP contribution in [0.3, 0.4) is 0 Å². The molecule has 1 aliphatic rings. The van der Waals surface area contributed by atoms with Gasteiger partial charge < -0.3 is 15.0 Å². The Morgan fingerprint density at radius 3 is 2.58 bits per heavy atom. The minimum Gasteiger partial charge on any atom is -0.482 e. The molecule has 24 heavy (non-hydrogen) atoms. The van der Waals surface area contributed by atoms with Gasteiger partial charge in [-0.15, -0.1) is 0 Å². The second-order valence-electron chi connectivity index (χ2n) is 5.38. The first kappa shape index (κ1) is 16.8. The highest BCUT2D eigenvalue weighted by atomic mass is 35.5. The van der Waals surface area contributed by atoms with Crippen molar-refractivity contribution < 1.29 is 9.53 Å². The van der Waals surface area contributed by atoms with Gasteiger partial charge in [0.05, 0.1) is 23.1 Å². The lowest BCUT2D eigenvalue weighted by Crippen LogP contribution is -2.22. The van der Waals surface area contributed by atoms with Crippen LogP contribution in [-0.2, 0) is 4.79 Å². The molecule has 2 aromatic rings. The molecule has 1 fully saturated rings. The molecule has 126 valence electrons.